The molecule has 0 spiro atoms. The number of rotatable bonds is 5. The molecule has 0 radical (unpaired) electrons. The van der Waals surface area contributed by atoms with Crippen LogP contribution in [0, 0.1) is 0 Å². The van der Waals surface area contributed by atoms with Crippen molar-refractivity contribution < 1.29 is 9.59 Å². The van der Waals surface area contributed by atoms with Crippen molar-refractivity contribution in [1.29, 1.82) is 0 Å². The van der Waals surface area contributed by atoms with Gasteiger partial charge in [0.05, 0.1) is 10.7 Å². The predicted octanol–water partition coefficient (Wildman–Crippen LogP) is 1.91. The zero-order valence-corrected chi connectivity index (χ0v) is 14.4. The second-order valence-electron chi connectivity index (χ2n) is 5.27. The van der Waals surface area contributed by atoms with Gasteiger partial charge in [-0.15, -0.1) is 0 Å². The fraction of sp³-hybridized carbons (Fsp3) is 0.333. The van der Waals surface area contributed by atoms with E-state index in [0.717, 1.165) is 0 Å². The molecule has 8 nitrogen and oxygen atoms in total. The Kier molecular flexibility index (Phi) is 5.75. The zero-order chi connectivity index (χ0) is 17.7. The standard InChI is InChI=1S/C15H19ClN6O2/c1-10(6-14(23)17-2)21(3)15(24)20-11-4-5-13(12(16)7-11)22-9-18-8-19-22/h4-5,7-10H,6H2,1-3H3,(H,17,23)(H,20,24)/t10-/m1/s1. The molecule has 0 bridgehead atoms. The largest absolute Gasteiger partial charge is 0.359 e. The molecule has 1 aromatic carbocycles. The average Bonchev–Trinajstić information content (AvgIpc) is 3.08. The molecule has 0 saturated heterocycles. The highest BCUT2D eigenvalue weighted by Crippen LogP contribution is 2.24. The highest BCUT2D eigenvalue weighted by Gasteiger charge is 2.18. The number of benzene rings is 1. The first-order valence-electron chi connectivity index (χ1n) is 7.31. The van der Waals surface area contributed by atoms with Gasteiger partial charge in [-0.05, 0) is 25.1 Å². The molecule has 2 aromatic rings. The number of carbonyl (C=O) groups excluding carboxylic acids is 2. The lowest BCUT2D eigenvalue weighted by atomic mass is 10.2. The minimum absolute atomic E-state index is 0.123. The number of carbonyl (C=O) groups is 2. The molecule has 9 heteroatoms. The van der Waals surface area contributed by atoms with Crippen LogP contribution < -0.4 is 10.6 Å². The van der Waals surface area contributed by atoms with E-state index in [1.54, 1.807) is 39.2 Å². The molecule has 0 saturated carbocycles. The molecule has 3 amide bonds. The number of aromatic nitrogens is 3. The van der Waals surface area contributed by atoms with Crippen LogP contribution in [0.2, 0.25) is 5.02 Å². The van der Waals surface area contributed by atoms with Gasteiger partial charge < -0.3 is 15.5 Å². The van der Waals surface area contributed by atoms with Crippen LogP contribution in [0.4, 0.5) is 10.5 Å². The molecule has 0 fully saturated rings. The lowest BCUT2D eigenvalue weighted by Crippen LogP contribution is -2.40. The Balaban J connectivity index is 2.04. The number of nitrogens with one attached hydrogen (secondary N) is 2. The molecule has 128 valence electrons. The molecule has 2 N–H and O–H groups in total. The Hall–Kier alpha value is -2.61. The fourth-order valence-corrected chi connectivity index (χ4v) is 2.29. The minimum atomic E-state index is -0.323. The third-order valence-corrected chi connectivity index (χ3v) is 3.91. The van der Waals surface area contributed by atoms with Crippen molar-refractivity contribution in [2.45, 2.75) is 19.4 Å². The normalized spacial score (nSPS) is 11.7. The smallest absolute Gasteiger partial charge is 0.321 e. The van der Waals surface area contributed by atoms with Gasteiger partial charge in [0.25, 0.3) is 0 Å². The van der Waals surface area contributed by atoms with Crippen LogP contribution in [0.3, 0.4) is 0 Å². The third kappa shape index (κ3) is 4.23. The van der Waals surface area contributed by atoms with E-state index in [1.807, 2.05) is 0 Å². The monoisotopic (exact) mass is 350 g/mol. The molecule has 1 atom stereocenters. The summed E-state index contributed by atoms with van der Waals surface area (Å²) in [6.45, 7) is 1.80. The summed E-state index contributed by atoms with van der Waals surface area (Å²) in [7, 11) is 3.20. The van der Waals surface area contributed by atoms with E-state index >= 15 is 0 Å². The van der Waals surface area contributed by atoms with E-state index in [2.05, 4.69) is 20.7 Å². The summed E-state index contributed by atoms with van der Waals surface area (Å²) in [4.78, 5) is 29.0. The first kappa shape index (κ1) is 17.7. The number of hydrogen-bond donors (Lipinski definition) is 2. The maximum atomic E-state index is 12.3. The molecule has 2 rings (SSSR count). The van der Waals surface area contributed by atoms with E-state index in [0.29, 0.717) is 16.4 Å². The predicted molar refractivity (Wildman–Crippen MR) is 91.3 cm³/mol. The summed E-state index contributed by atoms with van der Waals surface area (Å²) >= 11 is 6.23. The van der Waals surface area contributed by atoms with Gasteiger partial charge in [0.15, 0.2) is 0 Å². The van der Waals surface area contributed by atoms with Gasteiger partial charge in [0.1, 0.15) is 12.7 Å². The number of anilines is 1. The van der Waals surface area contributed by atoms with Crippen LogP contribution in [-0.4, -0.2) is 51.7 Å². The summed E-state index contributed by atoms with van der Waals surface area (Å²) in [5, 5.41) is 9.73. The van der Waals surface area contributed by atoms with Crippen LogP contribution in [0.1, 0.15) is 13.3 Å². The third-order valence-electron chi connectivity index (χ3n) is 3.61. The Bertz CT molecular complexity index is 719. The molecule has 1 heterocycles. The van der Waals surface area contributed by atoms with E-state index in [4.69, 9.17) is 11.6 Å². The van der Waals surface area contributed by atoms with Gasteiger partial charge in [0, 0.05) is 32.2 Å². The Morgan fingerprint density at radius 1 is 1.42 bits per heavy atom. The Morgan fingerprint density at radius 2 is 2.17 bits per heavy atom. The van der Waals surface area contributed by atoms with Gasteiger partial charge in [0.2, 0.25) is 5.91 Å². The van der Waals surface area contributed by atoms with Crippen molar-refractivity contribution in [2.24, 2.45) is 0 Å². The highest BCUT2D eigenvalue weighted by molar-refractivity contribution is 6.32. The van der Waals surface area contributed by atoms with Crippen molar-refractivity contribution >= 4 is 29.2 Å². The zero-order valence-electron chi connectivity index (χ0n) is 13.7. The van der Waals surface area contributed by atoms with Crippen LogP contribution in [0.25, 0.3) is 5.69 Å². The maximum absolute atomic E-state index is 12.3. The molecule has 1 aromatic heterocycles. The summed E-state index contributed by atoms with van der Waals surface area (Å²) < 4.78 is 1.53. The minimum Gasteiger partial charge on any atom is -0.359 e. The number of nitrogens with zero attached hydrogens (tertiary/aromatic N) is 4. The molecule has 0 aliphatic carbocycles. The molecule has 0 aliphatic rings. The van der Waals surface area contributed by atoms with Crippen molar-refractivity contribution in [3.05, 3.63) is 35.9 Å². The number of urea groups is 1. The first-order chi connectivity index (χ1) is 11.4. The van der Waals surface area contributed by atoms with Gasteiger partial charge >= 0.3 is 6.03 Å². The van der Waals surface area contributed by atoms with Gasteiger partial charge in [-0.25, -0.2) is 14.5 Å². The first-order valence-corrected chi connectivity index (χ1v) is 7.69. The highest BCUT2D eigenvalue weighted by atomic mass is 35.5. The van der Waals surface area contributed by atoms with E-state index in [9.17, 15) is 9.59 Å². The summed E-state index contributed by atoms with van der Waals surface area (Å²) in [5.41, 5.74) is 1.21. The van der Waals surface area contributed by atoms with Gasteiger partial charge in [-0.3, -0.25) is 4.79 Å². The quantitative estimate of drug-likeness (QED) is 0.861. The number of amides is 3. The Labute approximate surface area is 144 Å². The lowest BCUT2D eigenvalue weighted by Gasteiger charge is -2.24. The van der Waals surface area contributed by atoms with Gasteiger partial charge in [-0.1, -0.05) is 11.6 Å². The van der Waals surface area contributed by atoms with Crippen molar-refractivity contribution in [1.82, 2.24) is 25.0 Å². The second-order valence-corrected chi connectivity index (χ2v) is 5.68. The molecule has 0 unspecified atom stereocenters. The van der Waals surface area contributed by atoms with Crippen LogP contribution >= 0.6 is 11.6 Å². The molecule has 24 heavy (non-hydrogen) atoms. The topological polar surface area (TPSA) is 92.2 Å². The molecule has 0 aliphatic heterocycles. The lowest BCUT2D eigenvalue weighted by molar-refractivity contribution is -0.121. The summed E-state index contributed by atoms with van der Waals surface area (Å²) in [6, 6.07) is 4.53. The number of halogens is 1. The average molecular weight is 351 g/mol. The van der Waals surface area contributed by atoms with Crippen molar-refractivity contribution in [3.63, 3.8) is 0 Å². The fourth-order valence-electron chi connectivity index (χ4n) is 2.02. The number of hydrogen-bond acceptors (Lipinski definition) is 4. The Morgan fingerprint density at radius 3 is 2.75 bits per heavy atom. The second kappa shape index (κ2) is 7.78. The van der Waals surface area contributed by atoms with E-state index in [-0.39, 0.29) is 24.4 Å². The summed E-state index contributed by atoms with van der Waals surface area (Å²) in [5.74, 6) is -0.123. The van der Waals surface area contributed by atoms with Crippen molar-refractivity contribution in [2.75, 3.05) is 19.4 Å². The maximum Gasteiger partial charge on any atom is 0.321 e. The van der Waals surface area contributed by atoms with Crippen LogP contribution in [-0.2, 0) is 4.79 Å². The molecular weight excluding hydrogens is 332 g/mol. The van der Waals surface area contributed by atoms with E-state index in [1.165, 1.54) is 22.2 Å². The molecular formula is C15H19ClN6O2. The van der Waals surface area contributed by atoms with Crippen molar-refractivity contribution in [3.8, 4) is 5.69 Å². The van der Waals surface area contributed by atoms with Crippen LogP contribution in [0.15, 0.2) is 30.9 Å². The summed E-state index contributed by atoms with van der Waals surface area (Å²) in [6.07, 6.45) is 3.18. The van der Waals surface area contributed by atoms with E-state index < -0.39 is 0 Å². The SMILES string of the molecule is CNC(=O)C[C@@H](C)N(C)C(=O)Nc1ccc(-n2cncn2)c(Cl)c1. The van der Waals surface area contributed by atoms with Crippen LogP contribution in [0.5, 0.6) is 0 Å². The van der Waals surface area contributed by atoms with Gasteiger partial charge in [-0.2, -0.15) is 5.10 Å².